The van der Waals surface area contributed by atoms with Gasteiger partial charge in [0.25, 0.3) is 0 Å². The summed E-state index contributed by atoms with van der Waals surface area (Å²) in [6.07, 6.45) is 3.91. The lowest BCUT2D eigenvalue weighted by Crippen LogP contribution is -2.44. The van der Waals surface area contributed by atoms with Crippen molar-refractivity contribution in [3.8, 4) is 0 Å². The van der Waals surface area contributed by atoms with Crippen LogP contribution < -0.4 is 5.32 Å². The molecule has 0 atom stereocenters. The number of hydrogen-bond donors (Lipinski definition) is 2. The maximum Gasteiger partial charge on any atom is 0.208 e. The van der Waals surface area contributed by atoms with Crippen molar-refractivity contribution in [3.05, 3.63) is 17.3 Å². The van der Waals surface area contributed by atoms with Crippen molar-refractivity contribution >= 4 is 0 Å². The molecule has 0 unspecified atom stereocenters. The van der Waals surface area contributed by atoms with Crippen LogP contribution >= 0.6 is 0 Å². The van der Waals surface area contributed by atoms with Crippen molar-refractivity contribution in [1.29, 1.82) is 0 Å². The van der Waals surface area contributed by atoms with E-state index in [1.807, 2.05) is 13.8 Å². The molecule has 0 radical (unpaired) electrons. The van der Waals surface area contributed by atoms with E-state index >= 15 is 0 Å². The summed E-state index contributed by atoms with van der Waals surface area (Å²) in [7, 11) is 0. The molecule has 1 saturated carbocycles. The zero-order valence-electron chi connectivity index (χ0n) is 12.5. The maximum absolute atomic E-state index is 10.5. The van der Waals surface area contributed by atoms with E-state index in [9.17, 15) is 5.11 Å². The fourth-order valence-corrected chi connectivity index (χ4v) is 2.59. The predicted molar refractivity (Wildman–Crippen MR) is 74.9 cm³/mol. The molecule has 1 fully saturated rings. The van der Waals surface area contributed by atoms with Crippen LogP contribution in [0, 0.1) is 19.3 Å². The van der Waals surface area contributed by atoms with Gasteiger partial charge in [-0.3, -0.25) is 0 Å². The molecule has 1 aromatic heterocycles. The lowest BCUT2D eigenvalue weighted by atomic mass is 9.71. The van der Waals surface area contributed by atoms with Gasteiger partial charge in [-0.05, 0) is 44.9 Å². The Bertz CT molecular complexity index is 408. The minimum Gasteiger partial charge on any atom is -0.444 e. The molecule has 0 saturated heterocycles. The van der Waals surface area contributed by atoms with E-state index in [0.29, 0.717) is 24.4 Å². The second-order valence-electron chi connectivity index (χ2n) is 6.74. The molecule has 4 heteroatoms. The maximum atomic E-state index is 10.5. The predicted octanol–water partition coefficient (Wildman–Crippen LogP) is 2.71. The van der Waals surface area contributed by atoms with Gasteiger partial charge in [-0.1, -0.05) is 13.8 Å². The molecular weight excluding hydrogens is 240 g/mol. The van der Waals surface area contributed by atoms with Crippen molar-refractivity contribution in [2.24, 2.45) is 5.41 Å². The van der Waals surface area contributed by atoms with Crippen LogP contribution in [0.2, 0.25) is 0 Å². The molecule has 19 heavy (non-hydrogen) atoms. The first kappa shape index (κ1) is 14.5. The molecule has 4 nitrogen and oxygen atoms in total. The van der Waals surface area contributed by atoms with Gasteiger partial charge in [0.05, 0.1) is 17.8 Å². The van der Waals surface area contributed by atoms with E-state index in [1.54, 1.807) is 0 Å². The van der Waals surface area contributed by atoms with Gasteiger partial charge < -0.3 is 14.8 Å². The number of hydrogen-bond acceptors (Lipinski definition) is 4. The monoisotopic (exact) mass is 266 g/mol. The first-order valence-corrected chi connectivity index (χ1v) is 7.16. The van der Waals surface area contributed by atoms with Crippen LogP contribution in [0.5, 0.6) is 0 Å². The van der Waals surface area contributed by atoms with E-state index in [2.05, 4.69) is 24.1 Å². The molecule has 108 valence electrons. The van der Waals surface area contributed by atoms with Crippen molar-refractivity contribution in [3.63, 3.8) is 0 Å². The van der Waals surface area contributed by atoms with Gasteiger partial charge >= 0.3 is 0 Å². The Hall–Kier alpha value is -0.870. The van der Waals surface area contributed by atoms with Crippen molar-refractivity contribution in [2.75, 3.05) is 6.54 Å². The van der Waals surface area contributed by atoms with Gasteiger partial charge in [0, 0.05) is 6.54 Å². The average molecular weight is 266 g/mol. The highest BCUT2D eigenvalue weighted by molar-refractivity contribution is 5.05. The topological polar surface area (TPSA) is 58.3 Å². The molecule has 0 amide bonds. The number of rotatable bonds is 4. The van der Waals surface area contributed by atoms with Crippen LogP contribution in [0.25, 0.3) is 0 Å². The van der Waals surface area contributed by atoms with E-state index in [-0.39, 0.29) is 0 Å². The minimum atomic E-state index is -0.563. The number of nitrogens with one attached hydrogen (secondary N) is 1. The van der Waals surface area contributed by atoms with E-state index in [1.165, 1.54) is 0 Å². The molecule has 1 aromatic rings. The molecule has 1 heterocycles. The summed E-state index contributed by atoms with van der Waals surface area (Å²) in [4.78, 5) is 4.33. The van der Waals surface area contributed by atoms with Gasteiger partial charge in [0.2, 0.25) is 5.89 Å². The van der Waals surface area contributed by atoms with Crippen LogP contribution in [0.3, 0.4) is 0 Å². The molecule has 1 aliphatic carbocycles. The normalized spacial score (nSPS) is 21.5. The largest absolute Gasteiger partial charge is 0.444 e. The van der Waals surface area contributed by atoms with Gasteiger partial charge in [0.1, 0.15) is 5.76 Å². The van der Waals surface area contributed by atoms with Crippen LogP contribution in [-0.2, 0) is 6.54 Å². The number of aliphatic hydroxyl groups is 1. The third-order valence-electron chi connectivity index (χ3n) is 4.34. The summed E-state index contributed by atoms with van der Waals surface area (Å²) in [6.45, 7) is 9.61. The summed E-state index contributed by atoms with van der Waals surface area (Å²) in [5.41, 5.74) is 0.754. The SMILES string of the molecule is Cc1nc(CNCC2(O)CCC(C)(C)CC2)oc1C. The standard InChI is InChI=1S/C15H26N2O2/c1-11-12(2)19-13(17-11)9-16-10-15(18)7-5-14(3,4)6-8-15/h16,18H,5-10H2,1-4H3. The third-order valence-corrected chi connectivity index (χ3v) is 4.34. The number of aromatic nitrogens is 1. The molecule has 2 N–H and O–H groups in total. The van der Waals surface area contributed by atoms with Crippen LogP contribution in [0.4, 0.5) is 0 Å². The average Bonchev–Trinajstić information content (AvgIpc) is 2.64. The number of nitrogens with zero attached hydrogens (tertiary/aromatic N) is 1. The second kappa shape index (κ2) is 5.25. The molecule has 2 rings (SSSR count). The number of aryl methyl sites for hydroxylation is 2. The van der Waals surface area contributed by atoms with Gasteiger partial charge in [-0.25, -0.2) is 4.98 Å². The second-order valence-corrected chi connectivity index (χ2v) is 6.74. The highest BCUT2D eigenvalue weighted by atomic mass is 16.4. The Morgan fingerprint density at radius 1 is 1.21 bits per heavy atom. The molecular formula is C15H26N2O2. The Morgan fingerprint density at radius 3 is 2.37 bits per heavy atom. The molecule has 0 spiro atoms. The lowest BCUT2D eigenvalue weighted by molar-refractivity contribution is -0.0247. The summed E-state index contributed by atoms with van der Waals surface area (Å²) in [5, 5.41) is 13.8. The van der Waals surface area contributed by atoms with E-state index < -0.39 is 5.60 Å². The molecule has 0 aromatic carbocycles. The first-order valence-electron chi connectivity index (χ1n) is 7.16. The summed E-state index contributed by atoms with van der Waals surface area (Å²) in [6, 6.07) is 0. The van der Waals surface area contributed by atoms with E-state index in [0.717, 1.165) is 37.1 Å². The Balaban J connectivity index is 1.79. The smallest absolute Gasteiger partial charge is 0.208 e. The zero-order chi connectivity index (χ0) is 14.1. The summed E-state index contributed by atoms with van der Waals surface area (Å²) < 4.78 is 5.51. The van der Waals surface area contributed by atoms with Crippen LogP contribution in [0.1, 0.15) is 56.9 Å². The quantitative estimate of drug-likeness (QED) is 0.879. The van der Waals surface area contributed by atoms with Gasteiger partial charge in [0.15, 0.2) is 0 Å². The highest BCUT2D eigenvalue weighted by Gasteiger charge is 2.36. The van der Waals surface area contributed by atoms with Crippen molar-refractivity contribution < 1.29 is 9.52 Å². The van der Waals surface area contributed by atoms with Crippen molar-refractivity contribution in [2.45, 2.75) is 65.5 Å². The molecule has 0 bridgehead atoms. The Morgan fingerprint density at radius 2 is 1.84 bits per heavy atom. The van der Waals surface area contributed by atoms with Gasteiger partial charge in [-0.2, -0.15) is 0 Å². The Labute approximate surface area is 115 Å². The summed E-state index contributed by atoms with van der Waals surface area (Å²) >= 11 is 0. The van der Waals surface area contributed by atoms with Gasteiger partial charge in [-0.15, -0.1) is 0 Å². The highest BCUT2D eigenvalue weighted by Crippen LogP contribution is 2.39. The van der Waals surface area contributed by atoms with Crippen molar-refractivity contribution in [1.82, 2.24) is 10.3 Å². The van der Waals surface area contributed by atoms with Crippen LogP contribution in [0.15, 0.2) is 4.42 Å². The zero-order valence-corrected chi connectivity index (χ0v) is 12.5. The minimum absolute atomic E-state index is 0.378. The van der Waals surface area contributed by atoms with E-state index in [4.69, 9.17) is 4.42 Å². The lowest BCUT2D eigenvalue weighted by Gasteiger charge is -2.40. The fraction of sp³-hybridized carbons (Fsp3) is 0.800. The third kappa shape index (κ3) is 3.80. The fourth-order valence-electron chi connectivity index (χ4n) is 2.59. The first-order chi connectivity index (χ1) is 8.80. The molecule has 1 aliphatic rings. The van der Waals surface area contributed by atoms with Crippen LogP contribution in [-0.4, -0.2) is 22.2 Å². The Kier molecular flexibility index (Phi) is 4.02. The molecule has 0 aliphatic heterocycles. The summed E-state index contributed by atoms with van der Waals surface area (Å²) in [5.74, 6) is 1.57. The number of oxazole rings is 1.